The van der Waals surface area contributed by atoms with Crippen LogP contribution in [0.4, 0.5) is 13.2 Å². The van der Waals surface area contributed by atoms with Gasteiger partial charge in [-0.05, 0) is 38.2 Å². The zero-order chi connectivity index (χ0) is 17.6. The van der Waals surface area contributed by atoms with Crippen molar-refractivity contribution in [3.8, 4) is 5.82 Å². The average molecular weight is 341 g/mol. The molecule has 0 aliphatic carbocycles. The van der Waals surface area contributed by atoms with Gasteiger partial charge in [0.2, 0.25) is 0 Å². The Labute approximate surface area is 137 Å². The third-order valence-corrected chi connectivity index (χ3v) is 3.20. The fourth-order valence-corrected chi connectivity index (χ4v) is 2.10. The molecule has 0 unspecified atom stereocenters. The lowest BCUT2D eigenvalue weighted by molar-refractivity contribution is -0.143. The Morgan fingerprint density at radius 1 is 1.38 bits per heavy atom. The summed E-state index contributed by atoms with van der Waals surface area (Å²) in [5.74, 6) is 0.276. The maximum absolute atomic E-state index is 12.2. The predicted octanol–water partition coefficient (Wildman–Crippen LogP) is 1.88. The van der Waals surface area contributed by atoms with Gasteiger partial charge in [-0.2, -0.15) is 18.3 Å². The Hall–Kier alpha value is -2.42. The van der Waals surface area contributed by atoms with Crippen LogP contribution in [0.15, 0.2) is 36.8 Å². The van der Waals surface area contributed by atoms with Crippen LogP contribution in [0.5, 0.6) is 0 Å². The summed E-state index contributed by atoms with van der Waals surface area (Å²) in [5, 5.41) is 6.69. The second-order valence-corrected chi connectivity index (χ2v) is 5.32. The highest BCUT2D eigenvalue weighted by Gasteiger charge is 2.28. The summed E-state index contributed by atoms with van der Waals surface area (Å²) >= 11 is 0. The van der Waals surface area contributed by atoms with E-state index in [1.807, 2.05) is 0 Å². The van der Waals surface area contributed by atoms with Gasteiger partial charge in [-0.25, -0.2) is 9.67 Å². The third-order valence-electron chi connectivity index (χ3n) is 3.20. The van der Waals surface area contributed by atoms with Gasteiger partial charge in [0.1, 0.15) is 0 Å². The smallest absolute Gasteiger partial charge is 0.352 e. The van der Waals surface area contributed by atoms with Crippen LogP contribution in [-0.4, -0.2) is 58.4 Å². The number of carbonyl (C=O) groups excluding carboxylic acids is 1. The molecule has 9 heteroatoms. The van der Waals surface area contributed by atoms with E-state index in [9.17, 15) is 18.0 Å². The molecular weight excluding hydrogens is 323 g/mol. The fraction of sp³-hybridized carbons (Fsp3) is 0.400. The molecule has 0 aromatic carbocycles. The number of aromatic nitrogens is 3. The van der Waals surface area contributed by atoms with Crippen molar-refractivity contribution < 1.29 is 18.0 Å². The quantitative estimate of drug-likeness (QED) is 0.781. The van der Waals surface area contributed by atoms with Crippen molar-refractivity contribution in [3.63, 3.8) is 0 Å². The normalized spacial score (nSPS) is 11.7. The standard InChI is InChI=1S/C15H18F3N5O/c1-22(11-15(16,17)18)8-2-6-19-14(24)12-4-5-13(20-10-12)23-9-3-7-21-23/h3-5,7,9-10H,2,6,8,11H2,1H3,(H,19,24). The largest absolute Gasteiger partial charge is 0.401 e. The minimum absolute atomic E-state index is 0.246. The van der Waals surface area contributed by atoms with Crippen molar-refractivity contribution in [3.05, 3.63) is 42.4 Å². The minimum Gasteiger partial charge on any atom is -0.352 e. The highest BCUT2D eigenvalue weighted by molar-refractivity contribution is 5.93. The highest BCUT2D eigenvalue weighted by atomic mass is 19.4. The van der Waals surface area contributed by atoms with Gasteiger partial charge in [-0.1, -0.05) is 0 Å². The number of carbonyl (C=O) groups is 1. The van der Waals surface area contributed by atoms with Crippen molar-refractivity contribution in [1.29, 1.82) is 0 Å². The molecule has 2 rings (SSSR count). The molecule has 1 amide bonds. The van der Waals surface area contributed by atoms with Gasteiger partial charge in [-0.15, -0.1) is 0 Å². The van der Waals surface area contributed by atoms with Crippen molar-refractivity contribution in [2.45, 2.75) is 12.6 Å². The van der Waals surface area contributed by atoms with E-state index in [0.29, 0.717) is 24.3 Å². The molecule has 2 aromatic heterocycles. The molecule has 0 spiro atoms. The Kier molecular flexibility index (Phi) is 5.91. The summed E-state index contributed by atoms with van der Waals surface area (Å²) in [6, 6.07) is 5.05. The van der Waals surface area contributed by atoms with E-state index < -0.39 is 12.7 Å². The molecule has 0 aliphatic heterocycles. The molecule has 0 radical (unpaired) electrons. The molecule has 0 saturated heterocycles. The van der Waals surface area contributed by atoms with Gasteiger partial charge in [-0.3, -0.25) is 9.69 Å². The van der Waals surface area contributed by atoms with Gasteiger partial charge in [0.05, 0.1) is 12.1 Å². The molecule has 0 fully saturated rings. The first kappa shape index (κ1) is 17.9. The number of hydrogen-bond donors (Lipinski definition) is 1. The summed E-state index contributed by atoms with van der Waals surface area (Å²) in [6.45, 7) is -0.419. The van der Waals surface area contributed by atoms with Crippen LogP contribution in [0.3, 0.4) is 0 Å². The lowest BCUT2D eigenvalue weighted by Gasteiger charge is -2.18. The number of halogens is 3. The van der Waals surface area contributed by atoms with E-state index >= 15 is 0 Å². The number of amides is 1. The molecule has 24 heavy (non-hydrogen) atoms. The van der Waals surface area contributed by atoms with Crippen LogP contribution in [0.25, 0.3) is 5.82 Å². The van der Waals surface area contributed by atoms with E-state index in [2.05, 4.69) is 15.4 Å². The second-order valence-electron chi connectivity index (χ2n) is 5.32. The first-order valence-electron chi connectivity index (χ1n) is 7.35. The maximum Gasteiger partial charge on any atom is 0.401 e. The van der Waals surface area contributed by atoms with Crippen molar-refractivity contribution in [2.24, 2.45) is 0 Å². The Bertz CT molecular complexity index is 640. The molecule has 2 aromatic rings. The molecule has 0 atom stereocenters. The van der Waals surface area contributed by atoms with Crippen LogP contribution < -0.4 is 5.32 Å². The highest BCUT2D eigenvalue weighted by Crippen LogP contribution is 2.15. The SMILES string of the molecule is CN(CCCNC(=O)c1ccc(-n2cccn2)nc1)CC(F)(F)F. The topological polar surface area (TPSA) is 63.1 Å². The maximum atomic E-state index is 12.2. The van der Waals surface area contributed by atoms with E-state index in [0.717, 1.165) is 0 Å². The first-order chi connectivity index (χ1) is 11.3. The van der Waals surface area contributed by atoms with Crippen molar-refractivity contribution in [2.75, 3.05) is 26.7 Å². The Morgan fingerprint density at radius 2 is 2.17 bits per heavy atom. The number of nitrogens with one attached hydrogen (secondary N) is 1. The molecule has 0 saturated carbocycles. The van der Waals surface area contributed by atoms with Crippen LogP contribution in [0, 0.1) is 0 Å². The third kappa shape index (κ3) is 5.65. The van der Waals surface area contributed by atoms with Gasteiger partial charge >= 0.3 is 6.18 Å². The van der Waals surface area contributed by atoms with Gasteiger partial charge in [0, 0.05) is 25.1 Å². The number of alkyl halides is 3. The van der Waals surface area contributed by atoms with E-state index in [1.54, 1.807) is 35.3 Å². The molecular formula is C15H18F3N5O. The minimum atomic E-state index is -4.21. The monoisotopic (exact) mass is 341 g/mol. The zero-order valence-electron chi connectivity index (χ0n) is 13.1. The van der Waals surface area contributed by atoms with Crippen molar-refractivity contribution >= 4 is 5.91 Å². The fourth-order valence-electron chi connectivity index (χ4n) is 2.10. The molecule has 0 aliphatic rings. The summed E-state index contributed by atoms with van der Waals surface area (Å²) in [4.78, 5) is 17.3. The second kappa shape index (κ2) is 7.91. The lowest BCUT2D eigenvalue weighted by Crippen LogP contribution is -2.33. The van der Waals surface area contributed by atoms with E-state index in [4.69, 9.17) is 0 Å². The number of pyridine rings is 1. The van der Waals surface area contributed by atoms with Crippen LogP contribution in [0.1, 0.15) is 16.8 Å². The predicted molar refractivity (Wildman–Crippen MR) is 81.9 cm³/mol. The Morgan fingerprint density at radius 3 is 2.75 bits per heavy atom. The first-order valence-corrected chi connectivity index (χ1v) is 7.35. The van der Waals surface area contributed by atoms with Crippen LogP contribution >= 0.6 is 0 Å². The number of rotatable bonds is 7. The number of nitrogens with zero attached hydrogens (tertiary/aromatic N) is 4. The Balaban J connectivity index is 1.75. The molecule has 0 bridgehead atoms. The van der Waals surface area contributed by atoms with E-state index in [1.165, 1.54) is 18.1 Å². The van der Waals surface area contributed by atoms with Gasteiger partial charge in [0.25, 0.3) is 5.91 Å². The summed E-state index contributed by atoms with van der Waals surface area (Å²) in [5.41, 5.74) is 0.384. The zero-order valence-corrected chi connectivity index (χ0v) is 13.1. The van der Waals surface area contributed by atoms with Gasteiger partial charge in [0.15, 0.2) is 5.82 Å². The molecule has 130 valence electrons. The summed E-state index contributed by atoms with van der Waals surface area (Å²) in [7, 11) is 1.40. The average Bonchev–Trinajstić information content (AvgIpc) is 3.04. The number of hydrogen-bond acceptors (Lipinski definition) is 4. The van der Waals surface area contributed by atoms with Crippen molar-refractivity contribution in [1.82, 2.24) is 25.0 Å². The molecule has 2 heterocycles. The van der Waals surface area contributed by atoms with Gasteiger partial charge < -0.3 is 5.32 Å². The summed E-state index contributed by atoms with van der Waals surface area (Å²) < 4.78 is 38.1. The lowest BCUT2D eigenvalue weighted by atomic mass is 10.2. The molecule has 1 N–H and O–H groups in total. The molecule has 6 nitrogen and oxygen atoms in total. The van der Waals surface area contributed by atoms with E-state index in [-0.39, 0.29) is 12.5 Å². The summed E-state index contributed by atoms with van der Waals surface area (Å²) in [6.07, 6.45) is 1.01. The van der Waals surface area contributed by atoms with Crippen LogP contribution in [0.2, 0.25) is 0 Å². The van der Waals surface area contributed by atoms with Crippen LogP contribution in [-0.2, 0) is 0 Å².